The van der Waals surface area contributed by atoms with Gasteiger partial charge in [0.2, 0.25) is 0 Å². The number of anilines is 2. The highest BCUT2D eigenvalue weighted by atomic mass is 35.5. The molecule has 6 nitrogen and oxygen atoms in total. The maximum atomic E-state index is 12.7. The average molecular weight is 402 g/mol. The number of hydrogen-bond acceptors (Lipinski definition) is 4. The van der Waals surface area contributed by atoms with Crippen LogP contribution in [0.15, 0.2) is 71.9 Å². The van der Waals surface area contributed by atoms with E-state index in [4.69, 9.17) is 11.6 Å². The number of sulfonamides is 1. The van der Waals surface area contributed by atoms with Gasteiger partial charge in [-0.15, -0.1) is 0 Å². The zero-order valence-electron chi connectivity index (χ0n) is 14.3. The van der Waals surface area contributed by atoms with Crippen molar-refractivity contribution in [2.75, 3.05) is 10.0 Å². The summed E-state index contributed by atoms with van der Waals surface area (Å²) in [7, 11) is -3.88. The number of pyridine rings is 1. The number of aromatic nitrogens is 1. The molecular weight excluding hydrogens is 386 g/mol. The maximum absolute atomic E-state index is 12.7. The van der Waals surface area contributed by atoms with Crippen molar-refractivity contribution in [1.29, 1.82) is 0 Å². The van der Waals surface area contributed by atoms with Crippen LogP contribution >= 0.6 is 11.6 Å². The molecule has 0 aliphatic heterocycles. The zero-order valence-corrected chi connectivity index (χ0v) is 15.9. The highest BCUT2D eigenvalue weighted by Gasteiger charge is 2.19. The van der Waals surface area contributed by atoms with Gasteiger partial charge in [-0.1, -0.05) is 23.7 Å². The van der Waals surface area contributed by atoms with E-state index in [0.29, 0.717) is 11.4 Å². The molecule has 0 atom stereocenters. The van der Waals surface area contributed by atoms with Crippen LogP contribution in [0.2, 0.25) is 5.02 Å². The molecule has 0 aliphatic carbocycles. The number of aryl methyl sites for hydroxylation is 1. The molecule has 0 fully saturated rings. The smallest absolute Gasteiger partial charge is 0.261 e. The molecule has 1 aromatic heterocycles. The monoisotopic (exact) mass is 401 g/mol. The van der Waals surface area contributed by atoms with Crippen molar-refractivity contribution in [3.8, 4) is 0 Å². The summed E-state index contributed by atoms with van der Waals surface area (Å²) in [5.41, 5.74) is 1.88. The molecule has 3 rings (SSSR count). The Labute approximate surface area is 162 Å². The van der Waals surface area contributed by atoms with Crippen LogP contribution in [-0.4, -0.2) is 19.3 Å². The fourth-order valence-electron chi connectivity index (χ4n) is 2.40. The largest absolute Gasteiger partial charge is 0.321 e. The lowest BCUT2D eigenvalue weighted by Gasteiger charge is -2.11. The van der Waals surface area contributed by atoms with Gasteiger partial charge in [-0.3, -0.25) is 14.5 Å². The van der Waals surface area contributed by atoms with Crippen LogP contribution in [0.1, 0.15) is 15.9 Å². The van der Waals surface area contributed by atoms with Gasteiger partial charge >= 0.3 is 0 Å². The third-order valence-electron chi connectivity index (χ3n) is 3.68. The number of amides is 1. The Bertz CT molecular complexity index is 1090. The van der Waals surface area contributed by atoms with Gasteiger partial charge in [0.15, 0.2) is 0 Å². The van der Waals surface area contributed by atoms with E-state index in [0.717, 1.165) is 5.56 Å². The second-order valence-corrected chi connectivity index (χ2v) is 7.90. The summed E-state index contributed by atoms with van der Waals surface area (Å²) in [6.07, 6.45) is 3.05. The summed E-state index contributed by atoms with van der Waals surface area (Å²) >= 11 is 6.10. The number of benzene rings is 2. The Morgan fingerprint density at radius 2 is 1.81 bits per heavy atom. The van der Waals surface area contributed by atoms with Crippen molar-refractivity contribution in [3.63, 3.8) is 0 Å². The highest BCUT2D eigenvalue weighted by Crippen LogP contribution is 2.24. The lowest BCUT2D eigenvalue weighted by atomic mass is 10.2. The van der Waals surface area contributed by atoms with Crippen LogP contribution in [0.5, 0.6) is 0 Å². The number of nitrogens with one attached hydrogen (secondary N) is 2. The Hall–Kier alpha value is -2.90. The van der Waals surface area contributed by atoms with Crippen molar-refractivity contribution in [2.24, 2.45) is 0 Å². The summed E-state index contributed by atoms with van der Waals surface area (Å²) < 4.78 is 27.8. The first kappa shape index (κ1) is 18.9. The summed E-state index contributed by atoms with van der Waals surface area (Å²) in [6.45, 7) is 1.86. The van der Waals surface area contributed by atoms with E-state index in [-0.39, 0.29) is 15.5 Å². The highest BCUT2D eigenvalue weighted by molar-refractivity contribution is 7.92. The lowest BCUT2D eigenvalue weighted by Crippen LogP contribution is -2.16. The molecule has 0 radical (unpaired) electrons. The number of carbonyl (C=O) groups is 1. The predicted octanol–water partition coefficient (Wildman–Crippen LogP) is 4.10. The summed E-state index contributed by atoms with van der Waals surface area (Å²) in [6, 6.07) is 14.3. The second kappa shape index (κ2) is 7.77. The molecule has 3 aromatic rings. The summed E-state index contributed by atoms with van der Waals surface area (Å²) in [5, 5.41) is 2.78. The molecule has 0 bridgehead atoms. The van der Waals surface area contributed by atoms with E-state index in [1.807, 2.05) is 13.0 Å². The molecule has 1 amide bonds. The number of hydrogen-bond donors (Lipinski definition) is 2. The van der Waals surface area contributed by atoms with Gasteiger partial charge in [0, 0.05) is 11.9 Å². The summed E-state index contributed by atoms with van der Waals surface area (Å²) in [5.74, 6) is -0.527. The molecule has 1 heterocycles. The molecule has 0 saturated heterocycles. The zero-order chi connectivity index (χ0) is 19.4. The summed E-state index contributed by atoms with van der Waals surface area (Å²) in [4.78, 5) is 16.3. The standard InChI is InChI=1S/C19H16ClN3O3S/c1-13-4-2-5-14(10-13)23-27(25,26)16-7-8-18(20)17(11-16)19(24)22-15-6-3-9-21-12-15/h2-12,23H,1H3,(H,22,24). The lowest BCUT2D eigenvalue weighted by molar-refractivity contribution is 0.102. The van der Waals surface area contributed by atoms with Crippen molar-refractivity contribution in [3.05, 3.63) is 83.1 Å². The number of rotatable bonds is 5. The first-order valence-corrected chi connectivity index (χ1v) is 9.82. The number of halogens is 1. The molecule has 8 heteroatoms. The minimum atomic E-state index is -3.88. The molecule has 0 aliphatic rings. The van der Waals surface area contributed by atoms with Crippen LogP contribution in [0.25, 0.3) is 0 Å². The van der Waals surface area contributed by atoms with Gasteiger partial charge in [0.05, 0.1) is 27.4 Å². The Balaban J connectivity index is 1.89. The predicted molar refractivity (Wildman–Crippen MR) is 106 cm³/mol. The van der Waals surface area contributed by atoms with Gasteiger partial charge in [-0.2, -0.15) is 0 Å². The van der Waals surface area contributed by atoms with E-state index in [9.17, 15) is 13.2 Å². The van der Waals surface area contributed by atoms with Crippen molar-refractivity contribution >= 4 is 38.9 Å². The van der Waals surface area contributed by atoms with Gasteiger partial charge in [-0.25, -0.2) is 8.42 Å². The average Bonchev–Trinajstić information content (AvgIpc) is 2.62. The Kier molecular flexibility index (Phi) is 5.43. The molecular formula is C19H16ClN3O3S. The van der Waals surface area contributed by atoms with Gasteiger partial charge in [-0.05, 0) is 55.0 Å². The Morgan fingerprint density at radius 3 is 2.52 bits per heavy atom. The normalized spacial score (nSPS) is 11.0. The minimum absolute atomic E-state index is 0.0487. The van der Waals surface area contributed by atoms with Crippen molar-refractivity contribution in [2.45, 2.75) is 11.8 Å². The van der Waals surface area contributed by atoms with Crippen molar-refractivity contribution in [1.82, 2.24) is 4.98 Å². The first-order valence-electron chi connectivity index (χ1n) is 7.95. The van der Waals surface area contributed by atoms with Crippen LogP contribution < -0.4 is 10.0 Å². The minimum Gasteiger partial charge on any atom is -0.321 e. The number of nitrogens with zero attached hydrogens (tertiary/aromatic N) is 1. The quantitative estimate of drug-likeness (QED) is 0.673. The van der Waals surface area contributed by atoms with Crippen LogP contribution in [0.3, 0.4) is 0 Å². The van der Waals surface area contributed by atoms with E-state index < -0.39 is 15.9 Å². The molecule has 138 valence electrons. The fourth-order valence-corrected chi connectivity index (χ4v) is 3.68. The SMILES string of the molecule is Cc1cccc(NS(=O)(=O)c2ccc(Cl)c(C(=O)Nc3cccnc3)c2)c1. The number of carbonyl (C=O) groups excluding carboxylic acids is 1. The third-order valence-corrected chi connectivity index (χ3v) is 5.39. The van der Waals surface area contributed by atoms with Gasteiger partial charge in [0.25, 0.3) is 15.9 Å². The first-order chi connectivity index (χ1) is 12.8. The van der Waals surface area contributed by atoms with Gasteiger partial charge in [0.1, 0.15) is 0 Å². The molecule has 2 aromatic carbocycles. The van der Waals surface area contributed by atoms with E-state index in [1.165, 1.54) is 24.4 Å². The molecule has 2 N–H and O–H groups in total. The van der Waals surface area contributed by atoms with Crippen LogP contribution in [0, 0.1) is 6.92 Å². The molecule has 27 heavy (non-hydrogen) atoms. The fraction of sp³-hybridized carbons (Fsp3) is 0.0526. The van der Waals surface area contributed by atoms with E-state index >= 15 is 0 Å². The maximum Gasteiger partial charge on any atom is 0.261 e. The molecule has 0 spiro atoms. The third kappa shape index (κ3) is 4.64. The molecule has 0 unspecified atom stereocenters. The van der Waals surface area contributed by atoms with E-state index in [1.54, 1.807) is 36.5 Å². The van der Waals surface area contributed by atoms with Crippen LogP contribution in [0.4, 0.5) is 11.4 Å². The van der Waals surface area contributed by atoms with Crippen LogP contribution in [-0.2, 0) is 10.0 Å². The van der Waals surface area contributed by atoms with Crippen molar-refractivity contribution < 1.29 is 13.2 Å². The van der Waals surface area contributed by atoms with Gasteiger partial charge < -0.3 is 5.32 Å². The Morgan fingerprint density at radius 1 is 1.04 bits per heavy atom. The van der Waals surface area contributed by atoms with E-state index in [2.05, 4.69) is 15.0 Å². The topological polar surface area (TPSA) is 88.2 Å². The second-order valence-electron chi connectivity index (χ2n) is 5.81. The molecule has 0 saturated carbocycles.